The smallest absolute Gasteiger partial charge is 0.290 e. The average molecular weight is 384 g/mol. The number of hydrogen-bond acceptors (Lipinski definition) is 5. The van der Waals surface area contributed by atoms with Gasteiger partial charge in [-0.2, -0.15) is 0 Å². The van der Waals surface area contributed by atoms with E-state index in [4.69, 9.17) is 0 Å². The maximum atomic E-state index is 13.2. The molecule has 0 unspecified atom stereocenters. The van der Waals surface area contributed by atoms with E-state index < -0.39 is 20.6 Å². The van der Waals surface area contributed by atoms with Crippen LogP contribution in [0.2, 0.25) is 0 Å². The van der Waals surface area contributed by atoms with Crippen molar-refractivity contribution >= 4 is 33.8 Å². The SMILES string of the molecule is Cc1cccc([N+](=O)[O-])c1S(=O)(=O)N1CCNCc2ccccc21.Cl. The molecule has 0 aromatic heterocycles. The highest BCUT2D eigenvalue weighted by Gasteiger charge is 2.34. The summed E-state index contributed by atoms with van der Waals surface area (Å²) in [6.45, 7) is 2.80. The fourth-order valence-corrected chi connectivity index (χ4v) is 4.77. The molecule has 0 saturated heterocycles. The van der Waals surface area contributed by atoms with Crippen molar-refractivity contribution in [2.45, 2.75) is 18.4 Å². The molecular weight excluding hydrogens is 366 g/mol. The van der Waals surface area contributed by atoms with Gasteiger partial charge in [-0.05, 0) is 24.1 Å². The van der Waals surface area contributed by atoms with E-state index in [0.29, 0.717) is 24.3 Å². The minimum absolute atomic E-state index is 0. The Hall–Kier alpha value is -2.16. The van der Waals surface area contributed by atoms with Gasteiger partial charge < -0.3 is 5.32 Å². The highest BCUT2D eigenvalue weighted by molar-refractivity contribution is 7.93. The molecule has 1 N–H and O–H groups in total. The fraction of sp³-hybridized carbons (Fsp3) is 0.250. The Morgan fingerprint density at radius 2 is 1.88 bits per heavy atom. The number of nitro benzene ring substituents is 1. The molecule has 134 valence electrons. The van der Waals surface area contributed by atoms with Gasteiger partial charge in [0.2, 0.25) is 0 Å². The number of benzene rings is 2. The number of halogens is 1. The maximum absolute atomic E-state index is 13.2. The van der Waals surface area contributed by atoms with E-state index in [9.17, 15) is 18.5 Å². The van der Waals surface area contributed by atoms with Crippen LogP contribution >= 0.6 is 12.4 Å². The molecule has 1 heterocycles. The number of fused-ring (bicyclic) bond motifs is 1. The molecule has 0 spiro atoms. The summed E-state index contributed by atoms with van der Waals surface area (Å²) in [6.07, 6.45) is 0. The Balaban J connectivity index is 0.00000225. The van der Waals surface area contributed by atoms with Crippen molar-refractivity contribution in [3.8, 4) is 0 Å². The Bertz CT molecular complexity index is 902. The van der Waals surface area contributed by atoms with Crippen molar-refractivity contribution in [1.82, 2.24) is 5.32 Å². The van der Waals surface area contributed by atoms with E-state index in [1.165, 1.54) is 16.4 Å². The van der Waals surface area contributed by atoms with Crippen LogP contribution in [0.15, 0.2) is 47.4 Å². The third-order valence-corrected chi connectivity index (χ3v) is 6.01. The van der Waals surface area contributed by atoms with Crippen molar-refractivity contribution in [2.75, 3.05) is 17.4 Å². The lowest BCUT2D eigenvalue weighted by Crippen LogP contribution is -2.35. The number of hydrogen-bond donors (Lipinski definition) is 1. The van der Waals surface area contributed by atoms with Gasteiger partial charge in [0, 0.05) is 25.7 Å². The van der Waals surface area contributed by atoms with E-state index >= 15 is 0 Å². The van der Waals surface area contributed by atoms with Crippen LogP contribution in [0.5, 0.6) is 0 Å². The fourth-order valence-electron chi connectivity index (χ4n) is 2.90. The topological polar surface area (TPSA) is 92.5 Å². The number of aryl methyl sites for hydroxylation is 1. The summed E-state index contributed by atoms with van der Waals surface area (Å²) in [5, 5.41) is 14.5. The van der Waals surface area contributed by atoms with Gasteiger partial charge in [0.15, 0.2) is 4.90 Å². The molecule has 3 rings (SSSR count). The van der Waals surface area contributed by atoms with Crippen LogP contribution < -0.4 is 9.62 Å². The van der Waals surface area contributed by atoms with Crippen molar-refractivity contribution in [2.24, 2.45) is 0 Å². The highest BCUT2D eigenvalue weighted by Crippen LogP contribution is 2.34. The van der Waals surface area contributed by atoms with Gasteiger partial charge in [-0.1, -0.05) is 30.3 Å². The van der Waals surface area contributed by atoms with Crippen LogP contribution in [0.3, 0.4) is 0 Å². The second-order valence-electron chi connectivity index (χ2n) is 5.56. The molecule has 0 amide bonds. The van der Waals surface area contributed by atoms with Crippen molar-refractivity contribution < 1.29 is 13.3 Å². The molecule has 0 saturated carbocycles. The summed E-state index contributed by atoms with van der Waals surface area (Å²) < 4.78 is 27.7. The van der Waals surface area contributed by atoms with E-state index in [2.05, 4.69) is 5.32 Å². The van der Waals surface area contributed by atoms with Gasteiger partial charge >= 0.3 is 0 Å². The zero-order valence-corrected chi connectivity index (χ0v) is 15.1. The van der Waals surface area contributed by atoms with Crippen LogP contribution in [0, 0.1) is 17.0 Å². The molecule has 7 nitrogen and oxygen atoms in total. The first-order chi connectivity index (χ1) is 11.4. The van der Waals surface area contributed by atoms with Gasteiger partial charge in [0.25, 0.3) is 15.7 Å². The van der Waals surface area contributed by atoms with Crippen LogP contribution in [0.1, 0.15) is 11.1 Å². The summed E-state index contributed by atoms with van der Waals surface area (Å²) in [4.78, 5) is 10.4. The largest absolute Gasteiger partial charge is 0.311 e. The summed E-state index contributed by atoms with van der Waals surface area (Å²) in [5.74, 6) is 0. The Morgan fingerprint density at radius 1 is 1.16 bits per heavy atom. The summed E-state index contributed by atoms with van der Waals surface area (Å²) in [5.41, 5.74) is 1.36. The van der Waals surface area contributed by atoms with E-state index in [1.807, 2.05) is 12.1 Å². The molecule has 0 radical (unpaired) electrons. The van der Waals surface area contributed by atoms with Crippen LogP contribution in [-0.2, 0) is 16.6 Å². The van der Waals surface area contributed by atoms with Crippen molar-refractivity contribution in [1.29, 1.82) is 0 Å². The monoisotopic (exact) mass is 383 g/mol. The van der Waals surface area contributed by atoms with E-state index in [1.54, 1.807) is 25.1 Å². The lowest BCUT2D eigenvalue weighted by atomic mass is 10.2. The molecule has 0 atom stereocenters. The Labute approximate surface area is 152 Å². The van der Waals surface area contributed by atoms with Crippen molar-refractivity contribution in [3.05, 3.63) is 63.7 Å². The Kier molecular flexibility index (Phi) is 5.66. The number of rotatable bonds is 3. The minimum atomic E-state index is -4.05. The first-order valence-electron chi connectivity index (χ1n) is 7.48. The van der Waals surface area contributed by atoms with Gasteiger partial charge in [0.05, 0.1) is 10.6 Å². The first-order valence-corrected chi connectivity index (χ1v) is 8.92. The predicted octanol–water partition coefficient (Wildman–Crippen LogP) is 2.62. The third kappa shape index (κ3) is 3.46. The lowest BCUT2D eigenvalue weighted by Gasteiger charge is -2.24. The zero-order chi connectivity index (χ0) is 17.3. The average Bonchev–Trinajstić information content (AvgIpc) is 2.77. The number of para-hydroxylation sites is 1. The molecule has 2 aromatic rings. The molecule has 1 aliphatic heterocycles. The molecule has 9 heteroatoms. The van der Waals surface area contributed by atoms with Crippen molar-refractivity contribution in [3.63, 3.8) is 0 Å². The second kappa shape index (κ2) is 7.38. The second-order valence-corrected chi connectivity index (χ2v) is 7.36. The molecule has 1 aliphatic rings. The Morgan fingerprint density at radius 3 is 2.60 bits per heavy atom. The summed E-state index contributed by atoms with van der Waals surface area (Å²) in [6, 6.07) is 11.5. The molecule has 0 aliphatic carbocycles. The molecule has 25 heavy (non-hydrogen) atoms. The number of sulfonamides is 1. The quantitative estimate of drug-likeness (QED) is 0.649. The highest BCUT2D eigenvalue weighted by atomic mass is 35.5. The zero-order valence-electron chi connectivity index (χ0n) is 13.5. The number of nitrogens with zero attached hydrogens (tertiary/aromatic N) is 2. The van der Waals surface area contributed by atoms with Gasteiger partial charge in [0.1, 0.15) is 0 Å². The van der Waals surface area contributed by atoms with Gasteiger partial charge in [-0.3, -0.25) is 14.4 Å². The minimum Gasteiger partial charge on any atom is -0.311 e. The molecular formula is C16H18ClN3O4S. The number of anilines is 1. The third-order valence-electron chi connectivity index (χ3n) is 4.00. The van der Waals surface area contributed by atoms with Gasteiger partial charge in [-0.25, -0.2) is 8.42 Å². The number of nitro groups is 1. The predicted molar refractivity (Wildman–Crippen MR) is 97.8 cm³/mol. The lowest BCUT2D eigenvalue weighted by molar-refractivity contribution is -0.387. The van der Waals surface area contributed by atoms with E-state index in [0.717, 1.165) is 5.56 Å². The molecule has 2 aromatic carbocycles. The summed E-state index contributed by atoms with van der Waals surface area (Å²) in [7, 11) is -4.05. The first kappa shape index (κ1) is 19.2. The van der Waals surface area contributed by atoms with Crippen LogP contribution in [0.4, 0.5) is 11.4 Å². The van der Waals surface area contributed by atoms with Crippen LogP contribution in [0.25, 0.3) is 0 Å². The molecule has 0 bridgehead atoms. The number of nitrogens with one attached hydrogen (secondary N) is 1. The van der Waals surface area contributed by atoms with Gasteiger partial charge in [-0.15, -0.1) is 12.4 Å². The molecule has 0 fully saturated rings. The maximum Gasteiger partial charge on any atom is 0.290 e. The van der Waals surface area contributed by atoms with Crippen LogP contribution in [-0.4, -0.2) is 26.4 Å². The normalized spacial score (nSPS) is 14.2. The summed E-state index contributed by atoms with van der Waals surface area (Å²) >= 11 is 0. The van der Waals surface area contributed by atoms with E-state index in [-0.39, 0.29) is 23.8 Å². The standard InChI is InChI=1S/C16H17N3O4S.ClH/c1-12-5-4-8-15(19(20)21)16(12)24(22,23)18-10-9-17-11-13-6-2-3-7-14(13)18;/h2-8,17H,9-11H2,1H3;1H.